The normalized spacial score (nSPS) is 23.2. The van der Waals surface area contributed by atoms with Crippen LogP contribution in [0.3, 0.4) is 0 Å². The molecule has 0 unspecified atom stereocenters. The average Bonchev–Trinajstić information content (AvgIpc) is 2.75. The summed E-state index contributed by atoms with van der Waals surface area (Å²) in [6, 6.07) is 1.54. The molecule has 2 aliphatic rings. The van der Waals surface area contributed by atoms with E-state index < -0.39 is 28.2 Å². The number of hydrogen-bond acceptors (Lipinski definition) is 7. The fourth-order valence-electron chi connectivity index (χ4n) is 2.84. The van der Waals surface area contributed by atoms with Gasteiger partial charge in [-0.3, -0.25) is 0 Å². The van der Waals surface area contributed by atoms with Gasteiger partial charge in [-0.2, -0.15) is 0 Å². The highest BCUT2D eigenvalue weighted by molar-refractivity contribution is 7.90. The molecule has 0 saturated carbocycles. The van der Waals surface area contributed by atoms with Crippen LogP contribution in [0.25, 0.3) is 0 Å². The second-order valence-corrected chi connectivity index (χ2v) is 9.87. The predicted octanol–water partition coefficient (Wildman–Crippen LogP) is 1.34. The van der Waals surface area contributed by atoms with Crippen LogP contribution in [-0.2, 0) is 23.9 Å². The monoisotopic (exact) mass is 383 g/mol. The zero-order chi connectivity index (χ0) is 19.2. The Hall–Kier alpha value is -1.16. The van der Waals surface area contributed by atoms with Gasteiger partial charge in [-0.25, -0.2) is 13.4 Å². The molecule has 7 nitrogen and oxygen atoms in total. The van der Waals surface area contributed by atoms with Crippen molar-refractivity contribution < 1.29 is 27.2 Å². The van der Waals surface area contributed by atoms with E-state index in [9.17, 15) is 8.42 Å². The topological polar surface area (TPSA) is 84.0 Å². The minimum atomic E-state index is -3.41. The van der Waals surface area contributed by atoms with Gasteiger partial charge in [0.1, 0.15) is 6.10 Å². The first-order valence-corrected chi connectivity index (χ1v) is 10.7. The van der Waals surface area contributed by atoms with Crippen LogP contribution in [0.4, 0.5) is 0 Å². The lowest BCUT2D eigenvalue weighted by Gasteiger charge is -2.32. The summed E-state index contributed by atoms with van der Waals surface area (Å²) in [7, 11) is -4.16. The van der Waals surface area contributed by atoms with E-state index in [4.69, 9.17) is 18.8 Å². The third-order valence-corrected chi connectivity index (χ3v) is 6.32. The predicted molar refractivity (Wildman–Crippen MR) is 97.5 cm³/mol. The molecular weight excluding hydrogens is 357 g/mol. The number of ether oxygens (including phenoxy) is 2. The average molecular weight is 383 g/mol. The molecule has 0 aromatic carbocycles. The maximum absolute atomic E-state index is 12.0. The first-order chi connectivity index (χ1) is 12.0. The lowest BCUT2D eigenvalue weighted by atomic mass is 9.79. The Kier molecular flexibility index (Phi) is 5.11. The van der Waals surface area contributed by atoms with Crippen molar-refractivity contribution in [2.45, 2.75) is 62.7 Å². The number of hydrogen-bond donors (Lipinski definition) is 0. The van der Waals surface area contributed by atoms with Crippen molar-refractivity contribution in [3.8, 4) is 5.88 Å². The van der Waals surface area contributed by atoms with Crippen LogP contribution in [0.1, 0.15) is 40.5 Å². The summed E-state index contributed by atoms with van der Waals surface area (Å²) >= 11 is 0. The maximum Gasteiger partial charge on any atom is 0.500 e. The van der Waals surface area contributed by atoms with E-state index >= 15 is 0 Å². The van der Waals surface area contributed by atoms with Crippen molar-refractivity contribution >= 4 is 22.4 Å². The molecule has 3 rings (SSSR count). The van der Waals surface area contributed by atoms with Crippen LogP contribution in [-0.4, -0.2) is 57.3 Å². The van der Waals surface area contributed by atoms with Crippen LogP contribution in [0, 0.1) is 0 Å². The third-order valence-electron chi connectivity index (χ3n) is 5.24. The van der Waals surface area contributed by atoms with E-state index in [1.807, 2.05) is 27.7 Å². The molecular formula is C17H26BNO6S. The van der Waals surface area contributed by atoms with Crippen LogP contribution in [0.15, 0.2) is 17.2 Å². The van der Waals surface area contributed by atoms with E-state index in [1.165, 1.54) is 6.20 Å². The number of rotatable bonds is 4. The van der Waals surface area contributed by atoms with Crippen molar-refractivity contribution in [2.75, 3.05) is 19.5 Å². The van der Waals surface area contributed by atoms with E-state index in [0.717, 1.165) is 19.1 Å². The molecule has 144 valence electrons. The SMILES string of the molecule is CC1(C)OB(c2cc(S(C)(=O)=O)cnc2OC2CCOCC2)OC1(C)C. The number of aromatic nitrogens is 1. The molecule has 0 N–H and O–H groups in total. The molecule has 2 aliphatic heterocycles. The van der Waals surface area contributed by atoms with Crippen LogP contribution < -0.4 is 10.2 Å². The summed E-state index contributed by atoms with van der Waals surface area (Å²) in [6.45, 7) is 9.05. The Bertz CT molecular complexity index is 757. The summed E-state index contributed by atoms with van der Waals surface area (Å²) < 4.78 is 47.5. The van der Waals surface area contributed by atoms with Gasteiger partial charge in [0.2, 0.25) is 5.88 Å². The summed E-state index contributed by atoms with van der Waals surface area (Å²) in [5.41, 5.74) is -0.596. The molecule has 2 fully saturated rings. The number of pyridine rings is 1. The highest BCUT2D eigenvalue weighted by Crippen LogP contribution is 2.37. The van der Waals surface area contributed by atoms with E-state index in [1.54, 1.807) is 6.07 Å². The Morgan fingerprint density at radius 1 is 1.15 bits per heavy atom. The molecule has 0 spiro atoms. The van der Waals surface area contributed by atoms with Gasteiger partial charge < -0.3 is 18.8 Å². The van der Waals surface area contributed by atoms with Gasteiger partial charge in [-0.1, -0.05) is 0 Å². The van der Waals surface area contributed by atoms with Crippen molar-refractivity contribution in [1.29, 1.82) is 0 Å². The fourth-order valence-corrected chi connectivity index (χ4v) is 3.43. The van der Waals surface area contributed by atoms with Gasteiger partial charge in [0.25, 0.3) is 0 Å². The number of sulfone groups is 1. The third kappa shape index (κ3) is 3.90. The van der Waals surface area contributed by atoms with Crippen molar-refractivity contribution in [1.82, 2.24) is 4.98 Å². The largest absolute Gasteiger partial charge is 0.500 e. The molecule has 3 heterocycles. The van der Waals surface area contributed by atoms with Crippen molar-refractivity contribution in [3.63, 3.8) is 0 Å². The standard InChI is InChI=1S/C17H26BNO6S/c1-16(2)17(3,4)25-18(24-16)14-10-13(26(5,20)21)11-19-15(14)23-12-6-8-22-9-7-12/h10-12H,6-9H2,1-5H3. The molecule has 0 bridgehead atoms. The zero-order valence-corrected chi connectivity index (χ0v) is 16.8. The molecule has 2 saturated heterocycles. The van der Waals surface area contributed by atoms with Gasteiger partial charge in [-0.15, -0.1) is 0 Å². The lowest BCUT2D eigenvalue weighted by molar-refractivity contribution is 0.00578. The van der Waals surface area contributed by atoms with Crippen LogP contribution in [0.2, 0.25) is 0 Å². The molecule has 1 aromatic rings. The highest BCUT2D eigenvalue weighted by atomic mass is 32.2. The molecule has 1 aromatic heterocycles. The minimum Gasteiger partial charge on any atom is -0.474 e. The molecule has 0 radical (unpaired) electrons. The Labute approximate surface area is 155 Å². The molecule has 0 aliphatic carbocycles. The van der Waals surface area contributed by atoms with Gasteiger partial charge in [0.05, 0.1) is 29.3 Å². The summed E-state index contributed by atoms with van der Waals surface area (Å²) in [5, 5.41) is 0. The summed E-state index contributed by atoms with van der Waals surface area (Å²) in [4.78, 5) is 4.39. The highest BCUT2D eigenvalue weighted by Gasteiger charge is 2.53. The molecule has 26 heavy (non-hydrogen) atoms. The molecule has 9 heteroatoms. The second-order valence-electron chi connectivity index (χ2n) is 7.86. The quantitative estimate of drug-likeness (QED) is 0.726. The summed E-state index contributed by atoms with van der Waals surface area (Å²) in [5.74, 6) is 0.350. The Morgan fingerprint density at radius 3 is 2.27 bits per heavy atom. The smallest absolute Gasteiger partial charge is 0.474 e. The Balaban J connectivity index is 1.97. The first-order valence-electron chi connectivity index (χ1n) is 8.80. The first kappa shape index (κ1) is 19.6. The zero-order valence-electron chi connectivity index (χ0n) is 15.9. The van der Waals surface area contributed by atoms with Crippen LogP contribution >= 0.6 is 0 Å². The Morgan fingerprint density at radius 2 is 1.73 bits per heavy atom. The van der Waals surface area contributed by atoms with Gasteiger partial charge in [0.15, 0.2) is 9.84 Å². The summed E-state index contributed by atoms with van der Waals surface area (Å²) in [6.07, 6.45) is 3.97. The fraction of sp³-hybridized carbons (Fsp3) is 0.706. The van der Waals surface area contributed by atoms with Gasteiger partial charge in [0, 0.05) is 30.8 Å². The van der Waals surface area contributed by atoms with Crippen LogP contribution in [0.5, 0.6) is 5.88 Å². The minimum absolute atomic E-state index is 0.0264. The van der Waals surface area contributed by atoms with E-state index in [0.29, 0.717) is 24.6 Å². The van der Waals surface area contributed by atoms with E-state index in [2.05, 4.69) is 4.98 Å². The second kappa shape index (κ2) is 6.78. The van der Waals surface area contributed by atoms with Crippen molar-refractivity contribution in [2.24, 2.45) is 0 Å². The van der Waals surface area contributed by atoms with E-state index in [-0.39, 0.29) is 11.0 Å². The van der Waals surface area contributed by atoms with Gasteiger partial charge in [-0.05, 0) is 33.8 Å². The lowest BCUT2D eigenvalue weighted by Crippen LogP contribution is -2.41. The molecule has 0 amide bonds. The van der Waals surface area contributed by atoms with Crippen molar-refractivity contribution in [3.05, 3.63) is 12.3 Å². The number of nitrogens with zero attached hydrogens (tertiary/aromatic N) is 1. The molecule has 0 atom stereocenters. The van der Waals surface area contributed by atoms with Gasteiger partial charge >= 0.3 is 7.12 Å². The maximum atomic E-state index is 12.0.